The van der Waals surface area contributed by atoms with Gasteiger partial charge in [-0.05, 0) is 106 Å². The summed E-state index contributed by atoms with van der Waals surface area (Å²) in [7, 11) is 1.65. The summed E-state index contributed by atoms with van der Waals surface area (Å²) in [5.74, 6) is 1.79. The number of aromatic nitrogens is 3. The van der Waals surface area contributed by atoms with E-state index in [0.29, 0.717) is 23.5 Å². The van der Waals surface area contributed by atoms with E-state index in [1.807, 2.05) is 123 Å². The normalized spacial score (nSPS) is 15.2. The second kappa shape index (κ2) is 13.5. The van der Waals surface area contributed by atoms with Crippen molar-refractivity contribution in [1.82, 2.24) is 14.2 Å². The fraction of sp³-hybridized carbons (Fsp3) is 0.0968. The molecule has 2 heterocycles. The second-order valence-corrected chi connectivity index (χ2v) is 9.01. The molecule has 0 saturated heterocycles. The average molecular weight is 564 g/mol. The number of halogens is 1. The van der Waals surface area contributed by atoms with Crippen molar-refractivity contribution in [2.45, 2.75) is 13.0 Å². The Balaban J connectivity index is 0.000000504. The predicted octanol–water partition coefficient (Wildman–Crippen LogP) is 5.84. The molecular formula is C31H26ClFeN3O2+2. The van der Waals surface area contributed by atoms with E-state index in [1.165, 1.54) is 0 Å². The van der Waals surface area contributed by atoms with E-state index in [4.69, 9.17) is 16.3 Å². The first-order valence-electron chi connectivity index (χ1n) is 12.0. The standard InChI is InChI=1S/C26H21ClN3O2.C5H5.Fe/c1-32-22-8-4-5-18(15-22)13-14-29-25(20-9-11-21(27)12-10-20)17-30-24(26(29)31)16-23(28-30)19-6-2-3-7-19;1-2-4-5-3-1;/h2-12,15-17H,13-14H2,1H3;1-5H;/q;;+2. The number of hydrogen-bond acceptors (Lipinski definition) is 3. The summed E-state index contributed by atoms with van der Waals surface area (Å²) >= 11 is 6.10. The van der Waals surface area contributed by atoms with Crippen molar-refractivity contribution in [1.29, 1.82) is 0 Å². The molecule has 0 spiro atoms. The molecule has 0 amide bonds. The maximum Gasteiger partial charge on any atom is 2.00 e. The topological polar surface area (TPSA) is 48.5 Å². The van der Waals surface area contributed by atoms with Crippen molar-refractivity contribution in [3.63, 3.8) is 0 Å². The summed E-state index contributed by atoms with van der Waals surface area (Å²) in [5.41, 5.74) is 4.04. The minimum Gasteiger partial charge on any atom is -0.497 e. The Morgan fingerprint density at radius 3 is 2.24 bits per heavy atom. The van der Waals surface area contributed by atoms with Gasteiger partial charge in [0.1, 0.15) is 11.3 Å². The summed E-state index contributed by atoms with van der Waals surface area (Å²) in [6.07, 6.45) is 20.5. The molecule has 5 nitrogen and oxygen atoms in total. The first kappa shape index (κ1) is 28.5. The van der Waals surface area contributed by atoms with Crippen molar-refractivity contribution >= 4 is 17.1 Å². The number of methoxy groups -OCH3 is 1. The Kier molecular flexibility index (Phi) is 10.1. The molecule has 190 valence electrons. The largest absolute Gasteiger partial charge is 2.00 e. The monoisotopic (exact) mass is 563 g/mol. The van der Waals surface area contributed by atoms with Gasteiger partial charge in [0, 0.05) is 17.5 Å². The molecule has 38 heavy (non-hydrogen) atoms. The van der Waals surface area contributed by atoms with Crippen molar-refractivity contribution < 1.29 is 21.8 Å². The predicted molar refractivity (Wildman–Crippen MR) is 148 cm³/mol. The summed E-state index contributed by atoms with van der Waals surface area (Å²) in [4.78, 5) is 13.6. The number of aryl methyl sites for hydroxylation is 1. The van der Waals surface area contributed by atoms with Gasteiger partial charge in [-0.3, -0.25) is 4.79 Å². The molecule has 0 bridgehead atoms. The van der Waals surface area contributed by atoms with E-state index in [9.17, 15) is 4.79 Å². The zero-order valence-electron chi connectivity index (χ0n) is 20.8. The van der Waals surface area contributed by atoms with Gasteiger partial charge in [0.15, 0.2) is 0 Å². The Labute approximate surface area is 240 Å². The van der Waals surface area contributed by atoms with Gasteiger partial charge in [-0.1, -0.05) is 35.9 Å². The van der Waals surface area contributed by atoms with Crippen molar-refractivity contribution in [3.8, 4) is 17.0 Å². The van der Waals surface area contributed by atoms with E-state index in [0.717, 1.165) is 34.2 Å². The molecule has 2 saturated carbocycles. The maximum atomic E-state index is 13.6. The molecule has 7 heteroatoms. The summed E-state index contributed by atoms with van der Waals surface area (Å²) in [6, 6.07) is 17.3. The average Bonchev–Trinajstić information content (AvgIpc) is 3.72. The molecule has 4 aromatic rings. The van der Waals surface area contributed by atoms with Crippen LogP contribution in [0.25, 0.3) is 16.8 Å². The van der Waals surface area contributed by atoms with Crippen LogP contribution >= 0.6 is 11.6 Å². The summed E-state index contributed by atoms with van der Waals surface area (Å²) in [5, 5.41) is 5.31. The first-order chi connectivity index (χ1) is 18.1. The maximum absolute atomic E-state index is 13.6. The van der Waals surface area contributed by atoms with Crippen LogP contribution in [-0.4, -0.2) is 21.3 Å². The van der Waals surface area contributed by atoms with Crippen LogP contribution < -0.4 is 10.3 Å². The van der Waals surface area contributed by atoms with Gasteiger partial charge in [-0.25, -0.2) is 4.52 Å². The molecule has 2 aromatic carbocycles. The second-order valence-electron chi connectivity index (χ2n) is 8.57. The molecule has 2 aliphatic carbocycles. The Hall–Kier alpha value is -2.53. The molecule has 6 rings (SSSR count). The molecule has 10 radical (unpaired) electrons. The molecule has 0 N–H and O–H groups in total. The van der Waals surface area contributed by atoms with Crippen LogP contribution in [-0.2, 0) is 30.0 Å². The van der Waals surface area contributed by atoms with E-state index < -0.39 is 0 Å². The van der Waals surface area contributed by atoms with Crippen molar-refractivity contribution in [2.75, 3.05) is 7.11 Å². The van der Waals surface area contributed by atoms with Gasteiger partial charge in [0.2, 0.25) is 0 Å². The molecule has 2 aromatic heterocycles. The van der Waals surface area contributed by atoms with Crippen molar-refractivity contribution in [3.05, 3.63) is 151 Å². The number of rotatable bonds is 6. The number of benzene rings is 2. The number of ether oxygens (including phenoxy) is 1. The summed E-state index contributed by atoms with van der Waals surface area (Å²) in [6.45, 7) is 0.525. The Morgan fingerprint density at radius 1 is 0.895 bits per heavy atom. The molecule has 0 aliphatic heterocycles. The van der Waals surface area contributed by atoms with Crippen LogP contribution in [0.3, 0.4) is 0 Å². The molecular weight excluding hydrogens is 538 g/mol. The van der Waals surface area contributed by atoms with Gasteiger partial charge in [-0.15, -0.1) is 0 Å². The van der Waals surface area contributed by atoms with Gasteiger partial charge in [0.25, 0.3) is 5.56 Å². The molecule has 2 aliphatic rings. The Morgan fingerprint density at radius 2 is 1.58 bits per heavy atom. The van der Waals surface area contributed by atoms with Crippen LogP contribution in [0.15, 0.2) is 65.6 Å². The van der Waals surface area contributed by atoms with Crippen LogP contribution in [0.2, 0.25) is 5.02 Å². The zero-order valence-corrected chi connectivity index (χ0v) is 22.6. The third kappa shape index (κ3) is 6.72. The third-order valence-corrected chi connectivity index (χ3v) is 6.40. The van der Waals surface area contributed by atoms with Gasteiger partial charge in [0.05, 0.1) is 24.7 Å². The SMILES string of the molecule is COc1cccc(CCn2c(-c3ccc(Cl)cc3)cn3nc([C]4[CH][CH][CH][CH]4)cc3c2=O)c1.[CH]1[CH][CH][CH][CH]1.[Fe+2]. The van der Waals surface area contributed by atoms with Crippen molar-refractivity contribution in [2.24, 2.45) is 0 Å². The summed E-state index contributed by atoms with van der Waals surface area (Å²) < 4.78 is 8.83. The van der Waals surface area contributed by atoms with Gasteiger partial charge in [-0.2, -0.15) is 5.10 Å². The van der Waals surface area contributed by atoms with E-state index in [-0.39, 0.29) is 22.6 Å². The number of fused-ring (bicyclic) bond motifs is 1. The van der Waals surface area contributed by atoms with Gasteiger partial charge < -0.3 is 9.30 Å². The fourth-order valence-electron chi connectivity index (χ4n) is 4.23. The van der Waals surface area contributed by atoms with Crippen LogP contribution in [0, 0.1) is 63.7 Å². The molecule has 0 unspecified atom stereocenters. The quantitative estimate of drug-likeness (QED) is 0.277. The van der Waals surface area contributed by atoms with E-state index >= 15 is 0 Å². The smallest absolute Gasteiger partial charge is 0.497 e. The fourth-order valence-corrected chi connectivity index (χ4v) is 4.36. The minimum absolute atomic E-state index is 0. The van der Waals surface area contributed by atoms with Gasteiger partial charge >= 0.3 is 17.1 Å². The van der Waals surface area contributed by atoms with E-state index in [2.05, 4.69) is 5.10 Å². The molecule has 0 atom stereocenters. The van der Waals surface area contributed by atoms with Crippen LogP contribution in [0.1, 0.15) is 11.3 Å². The minimum atomic E-state index is -0.0781. The van der Waals surface area contributed by atoms with Crippen LogP contribution in [0.5, 0.6) is 5.75 Å². The third-order valence-electron chi connectivity index (χ3n) is 6.15. The first-order valence-corrected chi connectivity index (χ1v) is 12.4. The molecule has 2 fully saturated rings. The number of hydrogen-bond donors (Lipinski definition) is 0. The zero-order chi connectivity index (χ0) is 25.6. The Bertz CT molecular complexity index is 1380. The van der Waals surface area contributed by atoms with E-state index in [1.54, 1.807) is 11.6 Å². The van der Waals surface area contributed by atoms with Crippen LogP contribution in [0.4, 0.5) is 0 Å². The number of nitrogens with zero attached hydrogens (tertiary/aromatic N) is 3.